The van der Waals surface area contributed by atoms with Gasteiger partial charge in [-0.05, 0) is 5.39 Å². The van der Waals surface area contributed by atoms with E-state index in [2.05, 4.69) is 28.2 Å². The number of aromatic nitrogens is 1. The smallest absolute Gasteiger partial charge is 0.0865 e. The van der Waals surface area contributed by atoms with Gasteiger partial charge in [0.15, 0.2) is 0 Å². The van der Waals surface area contributed by atoms with E-state index in [9.17, 15) is 0 Å². The lowest BCUT2D eigenvalue weighted by Gasteiger charge is -2.01. The van der Waals surface area contributed by atoms with E-state index in [0.717, 1.165) is 12.2 Å². The predicted octanol–water partition coefficient (Wildman–Crippen LogP) is 2.17. The van der Waals surface area contributed by atoms with Crippen molar-refractivity contribution in [1.82, 2.24) is 4.98 Å². The Kier molecular flexibility index (Phi) is 1.25. The normalized spacial score (nSPS) is 13.5. The molecule has 0 fully saturated rings. The third kappa shape index (κ3) is 0.886. The van der Waals surface area contributed by atoms with E-state index in [4.69, 9.17) is 0 Å². The summed E-state index contributed by atoms with van der Waals surface area (Å²) < 4.78 is 0. The predicted molar refractivity (Wildman–Crippen MR) is 53.0 cm³/mol. The third-order valence-electron chi connectivity index (χ3n) is 2.40. The summed E-state index contributed by atoms with van der Waals surface area (Å²) >= 11 is 0. The number of hydrogen-bond acceptors (Lipinski definition) is 2. The van der Waals surface area contributed by atoms with Gasteiger partial charge in [-0.1, -0.05) is 24.3 Å². The topological polar surface area (TPSA) is 25.2 Å². The first-order chi connectivity index (χ1) is 6.45. The molecule has 1 aromatic carbocycles. The maximum atomic E-state index is 4.34. The van der Waals surface area contributed by atoms with Crippen molar-refractivity contribution in [2.45, 2.75) is 6.54 Å². The van der Waals surface area contributed by atoms with E-state index >= 15 is 0 Å². The van der Waals surface area contributed by atoms with Gasteiger partial charge in [-0.3, -0.25) is 9.98 Å². The highest BCUT2D eigenvalue weighted by Gasteiger charge is 2.10. The number of benzene rings is 1. The van der Waals surface area contributed by atoms with Crippen molar-refractivity contribution < 1.29 is 0 Å². The Morgan fingerprint density at radius 3 is 3.08 bits per heavy atom. The number of hydrogen-bond donors (Lipinski definition) is 0. The maximum absolute atomic E-state index is 4.34. The van der Waals surface area contributed by atoms with Crippen LogP contribution in [-0.2, 0) is 6.54 Å². The molecule has 0 aliphatic carbocycles. The second kappa shape index (κ2) is 2.39. The summed E-state index contributed by atoms with van der Waals surface area (Å²) in [4.78, 5) is 8.55. The molecular weight excluding hydrogens is 160 g/mol. The SMILES string of the molecule is C1=NCc2c1ncc1ccccc21. The number of pyridine rings is 1. The highest BCUT2D eigenvalue weighted by molar-refractivity contribution is 5.94. The molecular formula is C11H8N2. The monoisotopic (exact) mass is 168 g/mol. The molecule has 0 amide bonds. The number of nitrogens with zero attached hydrogens (tertiary/aromatic N) is 2. The zero-order valence-electron chi connectivity index (χ0n) is 7.07. The minimum absolute atomic E-state index is 0.781. The Labute approximate surface area is 76.0 Å². The summed E-state index contributed by atoms with van der Waals surface area (Å²) in [6, 6.07) is 8.30. The molecule has 1 aliphatic rings. The average Bonchev–Trinajstić information content (AvgIpc) is 2.65. The van der Waals surface area contributed by atoms with Crippen LogP contribution in [-0.4, -0.2) is 11.2 Å². The van der Waals surface area contributed by atoms with Crippen LogP contribution in [0.4, 0.5) is 0 Å². The summed E-state index contributed by atoms with van der Waals surface area (Å²) in [5.74, 6) is 0. The summed E-state index contributed by atoms with van der Waals surface area (Å²) in [6.45, 7) is 0.781. The molecule has 13 heavy (non-hydrogen) atoms. The molecule has 0 bridgehead atoms. The lowest BCUT2D eigenvalue weighted by molar-refractivity contribution is 1.11. The molecule has 3 rings (SSSR count). The van der Waals surface area contributed by atoms with Gasteiger partial charge >= 0.3 is 0 Å². The molecule has 0 unspecified atom stereocenters. The van der Waals surface area contributed by atoms with Crippen molar-refractivity contribution >= 4 is 17.0 Å². The standard InChI is InChI=1S/C11H8N2/c1-2-4-9-8(3-1)5-13-11-7-12-6-10(9)11/h1-5,7H,6H2. The fourth-order valence-corrected chi connectivity index (χ4v) is 1.74. The lowest BCUT2D eigenvalue weighted by atomic mass is 10.1. The summed E-state index contributed by atoms with van der Waals surface area (Å²) in [7, 11) is 0. The molecule has 2 aromatic rings. The van der Waals surface area contributed by atoms with Crippen molar-refractivity contribution in [2.75, 3.05) is 0 Å². The van der Waals surface area contributed by atoms with Gasteiger partial charge in [-0.2, -0.15) is 0 Å². The molecule has 2 nitrogen and oxygen atoms in total. The van der Waals surface area contributed by atoms with Gasteiger partial charge in [-0.25, -0.2) is 0 Å². The van der Waals surface area contributed by atoms with Gasteiger partial charge in [0, 0.05) is 23.4 Å². The van der Waals surface area contributed by atoms with Gasteiger partial charge in [0.2, 0.25) is 0 Å². The number of rotatable bonds is 0. The Balaban J connectivity index is 2.46. The first kappa shape index (κ1) is 6.78. The first-order valence-electron chi connectivity index (χ1n) is 4.31. The van der Waals surface area contributed by atoms with Crippen LogP contribution in [0, 0.1) is 0 Å². The summed E-state index contributed by atoms with van der Waals surface area (Å²) in [5, 5.41) is 2.48. The first-order valence-corrected chi connectivity index (χ1v) is 4.31. The Hall–Kier alpha value is -1.70. The van der Waals surface area contributed by atoms with Crippen molar-refractivity contribution in [3.05, 3.63) is 41.7 Å². The zero-order chi connectivity index (χ0) is 8.67. The Morgan fingerprint density at radius 2 is 2.08 bits per heavy atom. The highest BCUT2D eigenvalue weighted by atomic mass is 14.8. The van der Waals surface area contributed by atoms with E-state index in [1.165, 1.54) is 16.3 Å². The molecule has 0 atom stereocenters. The van der Waals surface area contributed by atoms with Gasteiger partial charge in [0.25, 0.3) is 0 Å². The fraction of sp³-hybridized carbons (Fsp3) is 0.0909. The molecule has 0 saturated heterocycles. The van der Waals surface area contributed by atoms with Crippen LogP contribution in [0.2, 0.25) is 0 Å². The van der Waals surface area contributed by atoms with Crippen molar-refractivity contribution in [2.24, 2.45) is 4.99 Å². The minimum Gasteiger partial charge on any atom is -0.286 e. The zero-order valence-corrected chi connectivity index (χ0v) is 7.07. The van der Waals surface area contributed by atoms with Crippen molar-refractivity contribution in [3.8, 4) is 0 Å². The van der Waals surface area contributed by atoms with Crippen LogP contribution in [0.3, 0.4) is 0 Å². The maximum Gasteiger partial charge on any atom is 0.0865 e. The summed E-state index contributed by atoms with van der Waals surface area (Å²) in [6.07, 6.45) is 3.76. The molecule has 0 spiro atoms. The van der Waals surface area contributed by atoms with Crippen LogP contribution in [0.1, 0.15) is 11.3 Å². The molecule has 2 heterocycles. The second-order valence-corrected chi connectivity index (χ2v) is 3.18. The van der Waals surface area contributed by atoms with Crippen LogP contribution in [0.25, 0.3) is 10.8 Å². The minimum atomic E-state index is 0.781. The largest absolute Gasteiger partial charge is 0.286 e. The Morgan fingerprint density at radius 1 is 1.15 bits per heavy atom. The van der Waals surface area contributed by atoms with Crippen molar-refractivity contribution in [3.63, 3.8) is 0 Å². The van der Waals surface area contributed by atoms with Gasteiger partial charge in [-0.15, -0.1) is 0 Å². The van der Waals surface area contributed by atoms with E-state index in [-0.39, 0.29) is 0 Å². The highest BCUT2D eigenvalue weighted by Crippen LogP contribution is 2.23. The number of fused-ring (bicyclic) bond motifs is 3. The molecule has 0 saturated carbocycles. The average molecular weight is 168 g/mol. The molecule has 1 aromatic heterocycles. The van der Waals surface area contributed by atoms with Crippen LogP contribution in [0.5, 0.6) is 0 Å². The number of aliphatic imine (C=N–C) groups is 1. The molecule has 2 heteroatoms. The Bertz CT molecular complexity index is 500. The summed E-state index contributed by atoms with van der Waals surface area (Å²) in [5.41, 5.74) is 2.29. The van der Waals surface area contributed by atoms with Gasteiger partial charge in [0.05, 0.1) is 12.2 Å². The van der Waals surface area contributed by atoms with E-state index in [0.29, 0.717) is 0 Å². The van der Waals surface area contributed by atoms with Gasteiger partial charge in [0.1, 0.15) is 0 Å². The van der Waals surface area contributed by atoms with Crippen LogP contribution < -0.4 is 0 Å². The van der Waals surface area contributed by atoms with Crippen LogP contribution >= 0.6 is 0 Å². The second-order valence-electron chi connectivity index (χ2n) is 3.18. The molecule has 62 valence electrons. The molecule has 0 radical (unpaired) electrons. The van der Waals surface area contributed by atoms with E-state index < -0.39 is 0 Å². The molecule has 0 N–H and O–H groups in total. The van der Waals surface area contributed by atoms with Gasteiger partial charge < -0.3 is 0 Å². The molecule has 1 aliphatic heterocycles. The van der Waals surface area contributed by atoms with E-state index in [1.807, 2.05) is 18.5 Å². The van der Waals surface area contributed by atoms with Crippen molar-refractivity contribution in [1.29, 1.82) is 0 Å². The van der Waals surface area contributed by atoms with E-state index in [1.54, 1.807) is 0 Å². The fourth-order valence-electron chi connectivity index (χ4n) is 1.74. The van der Waals surface area contributed by atoms with Crippen LogP contribution in [0.15, 0.2) is 35.5 Å². The lowest BCUT2D eigenvalue weighted by Crippen LogP contribution is -1.90. The third-order valence-corrected chi connectivity index (χ3v) is 2.40. The quantitative estimate of drug-likeness (QED) is 0.591.